The van der Waals surface area contributed by atoms with E-state index in [0.29, 0.717) is 21.6 Å². The van der Waals surface area contributed by atoms with Crippen LogP contribution in [0.4, 0.5) is 0 Å². The van der Waals surface area contributed by atoms with Gasteiger partial charge in [0.1, 0.15) is 11.0 Å². The number of hydrogen-bond acceptors (Lipinski definition) is 4. The van der Waals surface area contributed by atoms with E-state index in [9.17, 15) is 0 Å². The molecule has 2 nitrogen and oxygen atoms in total. The Morgan fingerprint density at radius 3 is 2.62 bits per heavy atom. The fourth-order valence-corrected chi connectivity index (χ4v) is 6.87. The van der Waals surface area contributed by atoms with Crippen LogP contribution in [0.3, 0.4) is 0 Å². The lowest BCUT2D eigenvalue weighted by atomic mass is 10.0. The van der Waals surface area contributed by atoms with Gasteiger partial charge in [-0.25, -0.2) is 9.97 Å². The minimum Gasteiger partial charge on any atom is -0.235 e. The molecular formula is C15H20BrClN2S2. The van der Waals surface area contributed by atoms with Gasteiger partial charge in [-0.15, -0.1) is 11.8 Å². The molecule has 1 saturated heterocycles. The van der Waals surface area contributed by atoms with Gasteiger partial charge >= 0.3 is 0 Å². The smallest absolute Gasteiger partial charge is 0.147 e. The van der Waals surface area contributed by atoms with Crippen molar-refractivity contribution in [2.75, 3.05) is 11.5 Å². The Balaban J connectivity index is 1.94. The van der Waals surface area contributed by atoms with Gasteiger partial charge in [0.15, 0.2) is 0 Å². The molecule has 21 heavy (non-hydrogen) atoms. The van der Waals surface area contributed by atoms with Crippen molar-refractivity contribution in [1.29, 1.82) is 0 Å². The summed E-state index contributed by atoms with van der Waals surface area (Å²) in [4.78, 5) is 9.56. The number of thioether (sulfide) groups is 2. The molecule has 6 heteroatoms. The molecule has 2 aliphatic rings. The normalized spacial score (nSPS) is 27.2. The van der Waals surface area contributed by atoms with Crippen LogP contribution >= 0.6 is 51.1 Å². The summed E-state index contributed by atoms with van der Waals surface area (Å²) in [7, 11) is 0. The standard InChI is InChI=1S/C15H20BrClN2S2/c1-2-10-13(21-8-7-20-10)15-18-12(9-5-3-4-6-9)11(16)14(17)19-15/h9-10,13H,2-8H2,1H3. The third-order valence-corrected chi connectivity index (χ3v) is 8.83. The van der Waals surface area contributed by atoms with E-state index < -0.39 is 0 Å². The van der Waals surface area contributed by atoms with Crippen molar-refractivity contribution < 1.29 is 0 Å². The van der Waals surface area contributed by atoms with Crippen LogP contribution < -0.4 is 0 Å². The Morgan fingerprint density at radius 1 is 1.19 bits per heavy atom. The number of halogens is 2. The molecule has 1 aromatic heterocycles. The van der Waals surface area contributed by atoms with Crippen LogP contribution in [-0.4, -0.2) is 26.7 Å². The van der Waals surface area contributed by atoms with Gasteiger partial charge < -0.3 is 0 Å². The summed E-state index contributed by atoms with van der Waals surface area (Å²) in [5.41, 5.74) is 1.15. The lowest BCUT2D eigenvalue weighted by Gasteiger charge is -2.29. The van der Waals surface area contributed by atoms with Crippen LogP contribution in [-0.2, 0) is 0 Å². The van der Waals surface area contributed by atoms with Crippen LogP contribution in [0.5, 0.6) is 0 Å². The quantitative estimate of drug-likeness (QED) is 0.587. The first kappa shape index (κ1) is 16.4. The highest BCUT2D eigenvalue weighted by molar-refractivity contribution is 9.10. The molecule has 3 rings (SSSR count). The Kier molecular flexibility index (Phi) is 5.79. The summed E-state index contributed by atoms with van der Waals surface area (Å²) in [6, 6.07) is 0. The molecule has 0 radical (unpaired) electrons. The van der Waals surface area contributed by atoms with Gasteiger partial charge in [0, 0.05) is 22.7 Å². The van der Waals surface area contributed by atoms with Gasteiger partial charge in [-0.2, -0.15) is 11.8 Å². The van der Waals surface area contributed by atoms with E-state index in [2.05, 4.69) is 39.6 Å². The second-order valence-electron chi connectivity index (χ2n) is 5.66. The molecule has 2 atom stereocenters. The second-order valence-corrected chi connectivity index (χ2v) is 9.41. The van der Waals surface area contributed by atoms with Crippen LogP contribution in [0.15, 0.2) is 4.47 Å². The predicted molar refractivity (Wildman–Crippen MR) is 97.7 cm³/mol. The molecule has 1 aliphatic heterocycles. The van der Waals surface area contributed by atoms with Gasteiger partial charge in [-0.05, 0) is 35.2 Å². The van der Waals surface area contributed by atoms with Crippen molar-refractivity contribution >= 4 is 51.1 Å². The van der Waals surface area contributed by atoms with Gasteiger partial charge in [0.05, 0.1) is 15.4 Å². The van der Waals surface area contributed by atoms with Crippen LogP contribution in [0.2, 0.25) is 5.15 Å². The summed E-state index contributed by atoms with van der Waals surface area (Å²) >= 11 is 14.1. The van der Waals surface area contributed by atoms with E-state index >= 15 is 0 Å². The molecule has 1 saturated carbocycles. The third-order valence-electron chi connectivity index (χ3n) is 4.30. The topological polar surface area (TPSA) is 25.8 Å². The highest BCUT2D eigenvalue weighted by Crippen LogP contribution is 2.45. The summed E-state index contributed by atoms with van der Waals surface area (Å²) in [6.07, 6.45) is 6.24. The maximum absolute atomic E-state index is 6.39. The Bertz CT molecular complexity index is 509. The van der Waals surface area contributed by atoms with Crippen molar-refractivity contribution in [3.63, 3.8) is 0 Å². The number of aromatic nitrogens is 2. The first-order valence-electron chi connectivity index (χ1n) is 7.66. The van der Waals surface area contributed by atoms with Crippen molar-refractivity contribution in [3.8, 4) is 0 Å². The molecule has 2 heterocycles. The van der Waals surface area contributed by atoms with Crippen LogP contribution in [0.1, 0.15) is 61.7 Å². The molecule has 0 bridgehead atoms. The zero-order chi connectivity index (χ0) is 14.8. The summed E-state index contributed by atoms with van der Waals surface area (Å²) in [5.74, 6) is 3.93. The molecule has 2 unspecified atom stereocenters. The second kappa shape index (κ2) is 7.41. The minimum atomic E-state index is 0.388. The van der Waals surface area contributed by atoms with Crippen molar-refractivity contribution in [2.45, 2.75) is 55.4 Å². The predicted octanol–water partition coefficient (Wildman–Crippen LogP) is 5.85. The minimum absolute atomic E-state index is 0.388. The molecule has 1 aromatic rings. The maximum atomic E-state index is 6.39. The summed E-state index contributed by atoms with van der Waals surface area (Å²) in [5, 5.41) is 1.59. The van der Waals surface area contributed by atoms with Crippen LogP contribution in [0, 0.1) is 0 Å². The molecule has 0 spiro atoms. The molecule has 0 aromatic carbocycles. The largest absolute Gasteiger partial charge is 0.235 e. The monoisotopic (exact) mass is 406 g/mol. The van der Waals surface area contributed by atoms with Gasteiger partial charge in [0.25, 0.3) is 0 Å². The highest BCUT2D eigenvalue weighted by atomic mass is 79.9. The van der Waals surface area contributed by atoms with Crippen molar-refractivity contribution in [2.24, 2.45) is 0 Å². The maximum Gasteiger partial charge on any atom is 0.147 e. The Labute approximate surface area is 148 Å². The molecule has 116 valence electrons. The van der Waals surface area contributed by atoms with Crippen LogP contribution in [0.25, 0.3) is 0 Å². The molecule has 0 N–H and O–H groups in total. The van der Waals surface area contributed by atoms with E-state index in [-0.39, 0.29) is 0 Å². The zero-order valence-corrected chi connectivity index (χ0v) is 16.1. The Morgan fingerprint density at radius 2 is 1.90 bits per heavy atom. The van der Waals surface area contributed by atoms with Crippen molar-refractivity contribution in [3.05, 3.63) is 21.1 Å². The first-order chi connectivity index (χ1) is 10.2. The van der Waals surface area contributed by atoms with Gasteiger partial charge in [0.2, 0.25) is 0 Å². The summed E-state index contributed by atoms with van der Waals surface area (Å²) < 4.78 is 0.918. The molecular weight excluding hydrogens is 388 g/mol. The van der Waals surface area contributed by atoms with E-state index in [1.807, 2.05) is 11.8 Å². The van der Waals surface area contributed by atoms with Crippen molar-refractivity contribution in [1.82, 2.24) is 9.97 Å². The Hall–Kier alpha value is 0.550. The van der Waals surface area contributed by atoms with E-state index in [4.69, 9.17) is 16.6 Å². The fourth-order valence-electron chi connectivity index (χ4n) is 3.19. The van der Waals surface area contributed by atoms with E-state index in [1.54, 1.807) is 0 Å². The molecule has 2 fully saturated rings. The number of rotatable bonds is 3. The number of nitrogens with zero attached hydrogens (tertiary/aromatic N) is 2. The fraction of sp³-hybridized carbons (Fsp3) is 0.733. The number of hydrogen-bond donors (Lipinski definition) is 0. The zero-order valence-electron chi connectivity index (χ0n) is 12.1. The lowest BCUT2D eigenvalue weighted by molar-refractivity contribution is 0.666. The molecule has 0 amide bonds. The lowest BCUT2D eigenvalue weighted by Crippen LogP contribution is -2.21. The van der Waals surface area contributed by atoms with E-state index in [1.165, 1.54) is 37.2 Å². The van der Waals surface area contributed by atoms with Gasteiger partial charge in [-0.3, -0.25) is 0 Å². The average Bonchev–Trinajstić information content (AvgIpc) is 3.04. The van der Waals surface area contributed by atoms with E-state index in [0.717, 1.165) is 22.4 Å². The highest BCUT2D eigenvalue weighted by Gasteiger charge is 2.31. The average molecular weight is 408 g/mol. The first-order valence-corrected chi connectivity index (χ1v) is 10.9. The molecule has 1 aliphatic carbocycles. The van der Waals surface area contributed by atoms with Gasteiger partial charge in [-0.1, -0.05) is 31.4 Å². The third kappa shape index (κ3) is 3.56. The summed E-state index contributed by atoms with van der Waals surface area (Å²) in [6.45, 7) is 2.26. The SMILES string of the molecule is CCC1SCCSC1c1nc(Cl)c(Br)c(C2CCCC2)n1.